The fourth-order valence-electron chi connectivity index (χ4n) is 0.980. The van der Waals surface area contributed by atoms with E-state index in [-0.39, 0.29) is 18.6 Å². The van der Waals surface area contributed by atoms with Crippen LogP contribution >= 0.6 is 0 Å². The van der Waals surface area contributed by atoms with Crippen LogP contribution in [0.5, 0.6) is 0 Å². The molecule has 6 nitrogen and oxygen atoms in total. The molecule has 1 rings (SSSR count). The summed E-state index contributed by atoms with van der Waals surface area (Å²) in [5, 5.41) is 5.09. The van der Waals surface area contributed by atoms with Gasteiger partial charge in [-0.15, -0.1) is 0 Å². The van der Waals surface area contributed by atoms with Crippen LogP contribution in [-0.4, -0.2) is 36.7 Å². The SMILES string of the molecule is CC(C)(N)C(=O)NCC1CNC(=O)O1. The molecular formula is C8H15N3O3. The fourth-order valence-corrected chi connectivity index (χ4v) is 0.980. The van der Waals surface area contributed by atoms with Crippen molar-refractivity contribution in [1.82, 2.24) is 10.6 Å². The maximum atomic E-state index is 11.3. The van der Waals surface area contributed by atoms with Crippen molar-refractivity contribution < 1.29 is 14.3 Å². The lowest BCUT2D eigenvalue weighted by Gasteiger charge is -2.18. The third kappa shape index (κ3) is 2.88. The highest BCUT2D eigenvalue weighted by molar-refractivity contribution is 5.85. The van der Waals surface area contributed by atoms with E-state index in [1.54, 1.807) is 13.8 Å². The smallest absolute Gasteiger partial charge is 0.407 e. The van der Waals surface area contributed by atoms with E-state index in [0.717, 1.165) is 0 Å². The van der Waals surface area contributed by atoms with Crippen molar-refractivity contribution in [2.75, 3.05) is 13.1 Å². The molecule has 1 saturated heterocycles. The van der Waals surface area contributed by atoms with Gasteiger partial charge in [0.25, 0.3) is 0 Å². The number of nitrogens with one attached hydrogen (secondary N) is 2. The van der Waals surface area contributed by atoms with Gasteiger partial charge in [-0.2, -0.15) is 0 Å². The predicted molar refractivity (Wildman–Crippen MR) is 49.5 cm³/mol. The van der Waals surface area contributed by atoms with Crippen LogP contribution in [0.4, 0.5) is 4.79 Å². The van der Waals surface area contributed by atoms with Crippen molar-refractivity contribution in [2.24, 2.45) is 5.73 Å². The van der Waals surface area contributed by atoms with Gasteiger partial charge in [0.2, 0.25) is 5.91 Å². The van der Waals surface area contributed by atoms with Gasteiger partial charge in [0.05, 0.1) is 18.6 Å². The number of ether oxygens (including phenoxy) is 1. The third-order valence-corrected chi connectivity index (χ3v) is 1.82. The van der Waals surface area contributed by atoms with Crippen molar-refractivity contribution in [3.8, 4) is 0 Å². The molecule has 0 aromatic rings. The first kappa shape index (κ1) is 10.8. The Kier molecular flexibility index (Phi) is 2.95. The molecule has 0 spiro atoms. The Balaban J connectivity index is 2.28. The number of hydrogen-bond donors (Lipinski definition) is 3. The van der Waals surface area contributed by atoms with E-state index in [1.807, 2.05) is 0 Å². The fraction of sp³-hybridized carbons (Fsp3) is 0.750. The molecule has 0 bridgehead atoms. The number of nitrogens with two attached hydrogens (primary N) is 1. The Bertz CT molecular complexity index is 247. The summed E-state index contributed by atoms with van der Waals surface area (Å²) in [4.78, 5) is 21.9. The summed E-state index contributed by atoms with van der Waals surface area (Å²) >= 11 is 0. The van der Waals surface area contributed by atoms with Gasteiger partial charge in [0.1, 0.15) is 6.10 Å². The lowest BCUT2D eigenvalue weighted by atomic mass is 10.1. The van der Waals surface area contributed by atoms with Crippen LogP contribution in [0.15, 0.2) is 0 Å². The summed E-state index contributed by atoms with van der Waals surface area (Å²) in [6, 6.07) is 0. The molecule has 1 unspecified atom stereocenters. The Morgan fingerprint density at radius 1 is 1.79 bits per heavy atom. The normalized spacial score (nSPS) is 21.4. The second kappa shape index (κ2) is 3.83. The van der Waals surface area contributed by atoms with Crippen LogP contribution in [0, 0.1) is 0 Å². The van der Waals surface area contributed by atoms with E-state index in [9.17, 15) is 9.59 Å². The summed E-state index contributed by atoms with van der Waals surface area (Å²) in [5.74, 6) is -0.263. The highest BCUT2D eigenvalue weighted by Crippen LogP contribution is 2.00. The van der Waals surface area contributed by atoms with Crippen molar-refractivity contribution in [2.45, 2.75) is 25.5 Å². The van der Waals surface area contributed by atoms with Crippen LogP contribution in [0.25, 0.3) is 0 Å². The number of cyclic esters (lactones) is 1. The van der Waals surface area contributed by atoms with Gasteiger partial charge in [-0.3, -0.25) is 4.79 Å². The Hall–Kier alpha value is -1.30. The van der Waals surface area contributed by atoms with Crippen LogP contribution in [0.3, 0.4) is 0 Å². The number of alkyl carbamates (subject to hydrolysis) is 1. The molecule has 1 heterocycles. The topological polar surface area (TPSA) is 93.5 Å². The van der Waals surface area contributed by atoms with E-state index in [4.69, 9.17) is 10.5 Å². The van der Waals surface area contributed by atoms with Crippen LogP contribution in [-0.2, 0) is 9.53 Å². The minimum atomic E-state index is -0.907. The average molecular weight is 201 g/mol. The van der Waals surface area contributed by atoms with E-state index >= 15 is 0 Å². The first-order valence-corrected chi connectivity index (χ1v) is 4.41. The number of hydrogen-bond acceptors (Lipinski definition) is 4. The first-order chi connectivity index (χ1) is 6.39. The Labute approximate surface area is 82.2 Å². The number of carbonyl (C=O) groups is 2. The quantitative estimate of drug-likeness (QED) is 0.543. The van der Waals surface area contributed by atoms with Gasteiger partial charge >= 0.3 is 6.09 Å². The maximum Gasteiger partial charge on any atom is 0.407 e. The van der Waals surface area contributed by atoms with Crippen molar-refractivity contribution in [1.29, 1.82) is 0 Å². The highest BCUT2D eigenvalue weighted by atomic mass is 16.6. The van der Waals surface area contributed by atoms with Crippen LogP contribution in [0.1, 0.15) is 13.8 Å². The summed E-state index contributed by atoms with van der Waals surface area (Å²) in [7, 11) is 0. The lowest BCUT2D eigenvalue weighted by Crippen LogP contribution is -2.51. The van der Waals surface area contributed by atoms with E-state index < -0.39 is 11.6 Å². The van der Waals surface area contributed by atoms with Gasteiger partial charge < -0.3 is 21.1 Å². The molecule has 0 radical (unpaired) electrons. The van der Waals surface area contributed by atoms with Gasteiger partial charge in [-0.25, -0.2) is 4.79 Å². The monoisotopic (exact) mass is 201 g/mol. The molecule has 2 amide bonds. The summed E-state index contributed by atoms with van der Waals surface area (Å²) in [5.41, 5.74) is 4.65. The molecule has 4 N–H and O–H groups in total. The molecule has 0 aliphatic carbocycles. The molecule has 14 heavy (non-hydrogen) atoms. The van der Waals surface area contributed by atoms with Gasteiger partial charge in [0.15, 0.2) is 0 Å². The summed E-state index contributed by atoms with van der Waals surface area (Å²) < 4.78 is 4.82. The Morgan fingerprint density at radius 2 is 2.43 bits per heavy atom. The third-order valence-electron chi connectivity index (χ3n) is 1.82. The van der Waals surface area contributed by atoms with Crippen LogP contribution < -0.4 is 16.4 Å². The second-order valence-electron chi connectivity index (χ2n) is 3.84. The minimum absolute atomic E-state index is 0.263. The Morgan fingerprint density at radius 3 is 2.86 bits per heavy atom. The number of carbonyl (C=O) groups excluding carboxylic acids is 2. The van der Waals surface area contributed by atoms with Crippen molar-refractivity contribution in [3.63, 3.8) is 0 Å². The maximum absolute atomic E-state index is 11.3. The van der Waals surface area contributed by atoms with Gasteiger partial charge in [-0.1, -0.05) is 0 Å². The number of rotatable bonds is 3. The first-order valence-electron chi connectivity index (χ1n) is 4.41. The molecule has 80 valence electrons. The minimum Gasteiger partial charge on any atom is -0.442 e. The molecule has 0 saturated carbocycles. The molecule has 1 fully saturated rings. The zero-order valence-corrected chi connectivity index (χ0v) is 8.29. The van der Waals surface area contributed by atoms with Crippen molar-refractivity contribution >= 4 is 12.0 Å². The van der Waals surface area contributed by atoms with E-state index in [1.165, 1.54) is 0 Å². The average Bonchev–Trinajstić information content (AvgIpc) is 2.45. The van der Waals surface area contributed by atoms with Gasteiger partial charge in [-0.05, 0) is 13.8 Å². The molecule has 0 aromatic heterocycles. The highest BCUT2D eigenvalue weighted by Gasteiger charge is 2.26. The zero-order valence-electron chi connectivity index (χ0n) is 8.29. The lowest BCUT2D eigenvalue weighted by molar-refractivity contribution is -0.125. The van der Waals surface area contributed by atoms with Crippen LogP contribution in [0.2, 0.25) is 0 Å². The standard InChI is InChI=1S/C8H15N3O3/c1-8(2,9)6(12)10-3-5-4-11-7(13)14-5/h5H,3-4,9H2,1-2H3,(H,10,12)(H,11,13). The molecule has 1 atom stereocenters. The van der Waals surface area contributed by atoms with Gasteiger partial charge in [0, 0.05) is 0 Å². The largest absolute Gasteiger partial charge is 0.442 e. The zero-order chi connectivity index (χ0) is 10.8. The number of amides is 2. The second-order valence-corrected chi connectivity index (χ2v) is 3.84. The molecule has 1 aliphatic rings. The predicted octanol–water partition coefficient (Wildman–Crippen LogP) is -1.05. The molecular weight excluding hydrogens is 186 g/mol. The molecule has 1 aliphatic heterocycles. The summed E-state index contributed by atoms with van der Waals surface area (Å²) in [6.07, 6.45) is -0.745. The van der Waals surface area contributed by atoms with Crippen molar-refractivity contribution in [3.05, 3.63) is 0 Å². The molecule has 0 aromatic carbocycles. The summed E-state index contributed by atoms with van der Waals surface area (Å²) in [6.45, 7) is 3.94. The molecule has 6 heteroatoms. The van der Waals surface area contributed by atoms with E-state index in [2.05, 4.69) is 10.6 Å². The van der Waals surface area contributed by atoms with E-state index in [0.29, 0.717) is 6.54 Å².